The highest BCUT2D eigenvalue weighted by molar-refractivity contribution is 6.33. The maximum atomic E-state index is 9.27. The number of hydrogen-bond acceptors (Lipinski definition) is 4. The van der Waals surface area contributed by atoms with Crippen LogP contribution in [0.25, 0.3) is 0 Å². The summed E-state index contributed by atoms with van der Waals surface area (Å²) in [7, 11) is 0. The lowest BCUT2D eigenvalue weighted by Gasteiger charge is -2.34. The first-order valence-corrected chi connectivity index (χ1v) is 6.05. The number of nitrogens with zero attached hydrogens (tertiary/aromatic N) is 1. The summed E-state index contributed by atoms with van der Waals surface area (Å²) in [5.41, 5.74) is 7.47. The standard InChI is InChI=1S/C12H17ClN2O2/c13-11-2-1-9(5-12(11)14)6-15-3-4-17-8-10(15)7-16/h1-2,5,10,16H,3-4,6-8,14H2. The van der Waals surface area contributed by atoms with Gasteiger partial charge in [-0.05, 0) is 17.7 Å². The molecule has 0 saturated carbocycles. The van der Waals surface area contributed by atoms with Crippen LogP contribution in [-0.4, -0.2) is 42.4 Å². The highest BCUT2D eigenvalue weighted by Crippen LogP contribution is 2.21. The number of aliphatic hydroxyl groups is 1. The fourth-order valence-corrected chi connectivity index (χ4v) is 2.11. The van der Waals surface area contributed by atoms with E-state index < -0.39 is 0 Å². The first-order chi connectivity index (χ1) is 8.20. The Labute approximate surface area is 106 Å². The van der Waals surface area contributed by atoms with Crippen LogP contribution < -0.4 is 5.73 Å². The zero-order valence-electron chi connectivity index (χ0n) is 9.60. The van der Waals surface area contributed by atoms with Crippen molar-refractivity contribution in [1.29, 1.82) is 0 Å². The lowest BCUT2D eigenvalue weighted by molar-refractivity contribution is -0.0312. The van der Waals surface area contributed by atoms with Crippen LogP contribution in [0.15, 0.2) is 18.2 Å². The van der Waals surface area contributed by atoms with Gasteiger partial charge in [-0.25, -0.2) is 0 Å². The van der Waals surface area contributed by atoms with E-state index in [0.717, 1.165) is 18.7 Å². The predicted molar refractivity (Wildman–Crippen MR) is 68.0 cm³/mol. The van der Waals surface area contributed by atoms with E-state index in [0.29, 0.717) is 23.9 Å². The minimum atomic E-state index is 0.0700. The molecule has 1 aliphatic rings. The van der Waals surface area contributed by atoms with Crippen molar-refractivity contribution in [2.24, 2.45) is 0 Å². The quantitative estimate of drug-likeness (QED) is 0.796. The molecule has 0 radical (unpaired) electrons. The number of benzene rings is 1. The number of nitrogen functional groups attached to an aromatic ring is 1. The fraction of sp³-hybridized carbons (Fsp3) is 0.500. The molecule has 1 fully saturated rings. The van der Waals surface area contributed by atoms with Crippen LogP contribution in [-0.2, 0) is 11.3 Å². The zero-order valence-corrected chi connectivity index (χ0v) is 10.4. The summed E-state index contributed by atoms with van der Waals surface area (Å²) >= 11 is 5.88. The van der Waals surface area contributed by atoms with E-state index in [1.807, 2.05) is 12.1 Å². The van der Waals surface area contributed by atoms with Gasteiger partial charge in [-0.15, -0.1) is 0 Å². The summed E-state index contributed by atoms with van der Waals surface area (Å²) in [5, 5.41) is 9.85. The highest BCUT2D eigenvalue weighted by atomic mass is 35.5. The zero-order chi connectivity index (χ0) is 12.3. The van der Waals surface area contributed by atoms with E-state index in [2.05, 4.69) is 4.90 Å². The van der Waals surface area contributed by atoms with Crippen LogP contribution in [0.2, 0.25) is 5.02 Å². The SMILES string of the molecule is Nc1cc(CN2CCOCC2CO)ccc1Cl. The van der Waals surface area contributed by atoms with E-state index in [-0.39, 0.29) is 12.6 Å². The highest BCUT2D eigenvalue weighted by Gasteiger charge is 2.22. The third kappa shape index (κ3) is 3.10. The molecular weight excluding hydrogens is 240 g/mol. The fourth-order valence-electron chi connectivity index (χ4n) is 1.99. The monoisotopic (exact) mass is 256 g/mol. The van der Waals surface area contributed by atoms with Crippen LogP contribution in [0.5, 0.6) is 0 Å². The van der Waals surface area contributed by atoms with E-state index in [1.165, 1.54) is 0 Å². The first-order valence-electron chi connectivity index (χ1n) is 5.67. The molecule has 0 aromatic heterocycles. The molecule has 1 saturated heterocycles. The maximum Gasteiger partial charge on any atom is 0.0644 e. The second-order valence-electron chi connectivity index (χ2n) is 4.24. The number of morpholine rings is 1. The smallest absolute Gasteiger partial charge is 0.0644 e. The van der Waals surface area contributed by atoms with Gasteiger partial charge in [0.25, 0.3) is 0 Å². The molecule has 0 amide bonds. The Balaban J connectivity index is 2.05. The Hall–Kier alpha value is -0.810. The molecule has 1 aromatic carbocycles. The predicted octanol–water partition coefficient (Wildman–Crippen LogP) is 1.12. The van der Waals surface area contributed by atoms with Gasteiger partial charge in [-0.3, -0.25) is 4.90 Å². The van der Waals surface area contributed by atoms with Crippen LogP contribution in [0, 0.1) is 0 Å². The molecule has 0 aliphatic carbocycles. The number of hydrogen-bond donors (Lipinski definition) is 2. The molecular formula is C12H17ClN2O2. The topological polar surface area (TPSA) is 58.7 Å². The van der Waals surface area contributed by atoms with E-state index in [9.17, 15) is 5.11 Å². The molecule has 5 heteroatoms. The summed E-state index contributed by atoms with van der Waals surface area (Å²) < 4.78 is 5.34. The molecule has 1 atom stereocenters. The third-order valence-corrected chi connectivity index (χ3v) is 3.35. The van der Waals surface area contributed by atoms with Gasteiger partial charge in [0, 0.05) is 13.1 Å². The van der Waals surface area contributed by atoms with Gasteiger partial charge < -0.3 is 15.6 Å². The number of halogens is 1. The summed E-state index contributed by atoms with van der Waals surface area (Å²) in [6.45, 7) is 2.99. The second-order valence-corrected chi connectivity index (χ2v) is 4.64. The van der Waals surface area contributed by atoms with Crippen molar-refractivity contribution in [2.45, 2.75) is 12.6 Å². The van der Waals surface area contributed by atoms with Gasteiger partial charge in [0.05, 0.1) is 36.6 Å². The Morgan fingerprint density at radius 1 is 1.53 bits per heavy atom. The van der Waals surface area contributed by atoms with Crippen LogP contribution in [0.4, 0.5) is 5.69 Å². The Morgan fingerprint density at radius 2 is 2.35 bits per heavy atom. The van der Waals surface area contributed by atoms with Gasteiger partial charge in [0.1, 0.15) is 0 Å². The lowest BCUT2D eigenvalue weighted by Crippen LogP contribution is -2.46. The van der Waals surface area contributed by atoms with Crippen molar-refractivity contribution in [3.63, 3.8) is 0 Å². The molecule has 0 spiro atoms. The van der Waals surface area contributed by atoms with E-state index in [1.54, 1.807) is 6.07 Å². The molecule has 4 nitrogen and oxygen atoms in total. The van der Waals surface area contributed by atoms with Crippen LogP contribution in [0.3, 0.4) is 0 Å². The van der Waals surface area contributed by atoms with Crippen molar-refractivity contribution in [3.8, 4) is 0 Å². The van der Waals surface area contributed by atoms with Crippen molar-refractivity contribution in [2.75, 3.05) is 32.1 Å². The number of rotatable bonds is 3. The summed E-state index contributed by atoms with van der Waals surface area (Å²) in [6.07, 6.45) is 0. The van der Waals surface area contributed by atoms with Gasteiger partial charge in [0.2, 0.25) is 0 Å². The molecule has 2 rings (SSSR count). The second kappa shape index (κ2) is 5.69. The van der Waals surface area contributed by atoms with E-state index >= 15 is 0 Å². The number of nitrogens with two attached hydrogens (primary N) is 1. The largest absolute Gasteiger partial charge is 0.398 e. The van der Waals surface area contributed by atoms with Crippen molar-refractivity contribution in [3.05, 3.63) is 28.8 Å². The summed E-state index contributed by atoms with van der Waals surface area (Å²) in [6, 6.07) is 5.72. The molecule has 1 aromatic rings. The minimum Gasteiger partial charge on any atom is -0.398 e. The van der Waals surface area contributed by atoms with Gasteiger partial charge in [-0.2, -0.15) is 0 Å². The number of anilines is 1. The van der Waals surface area contributed by atoms with Crippen LogP contribution in [0.1, 0.15) is 5.56 Å². The summed E-state index contributed by atoms with van der Waals surface area (Å²) in [4.78, 5) is 2.20. The Kier molecular flexibility index (Phi) is 4.23. The Bertz CT molecular complexity index is 387. The molecule has 1 aliphatic heterocycles. The first kappa shape index (κ1) is 12.6. The number of ether oxygens (including phenoxy) is 1. The van der Waals surface area contributed by atoms with Gasteiger partial charge >= 0.3 is 0 Å². The van der Waals surface area contributed by atoms with E-state index in [4.69, 9.17) is 22.1 Å². The molecule has 0 bridgehead atoms. The minimum absolute atomic E-state index is 0.0700. The average molecular weight is 257 g/mol. The molecule has 1 unspecified atom stereocenters. The number of aliphatic hydroxyl groups excluding tert-OH is 1. The third-order valence-electron chi connectivity index (χ3n) is 3.01. The van der Waals surface area contributed by atoms with Crippen molar-refractivity contribution >= 4 is 17.3 Å². The molecule has 17 heavy (non-hydrogen) atoms. The normalized spacial score (nSPS) is 21.6. The molecule has 3 N–H and O–H groups in total. The van der Waals surface area contributed by atoms with Gasteiger partial charge in [0.15, 0.2) is 0 Å². The molecule has 94 valence electrons. The summed E-state index contributed by atoms with van der Waals surface area (Å²) in [5.74, 6) is 0. The van der Waals surface area contributed by atoms with Crippen molar-refractivity contribution in [1.82, 2.24) is 4.90 Å². The van der Waals surface area contributed by atoms with Crippen LogP contribution >= 0.6 is 11.6 Å². The molecule has 1 heterocycles. The lowest BCUT2D eigenvalue weighted by atomic mass is 10.1. The maximum absolute atomic E-state index is 9.27. The van der Waals surface area contributed by atoms with Gasteiger partial charge in [-0.1, -0.05) is 17.7 Å². The van der Waals surface area contributed by atoms with Crippen molar-refractivity contribution < 1.29 is 9.84 Å². The average Bonchev–Trinajstić information content (AvgIpc) is 2.34. The Morgan fingerprint density at radius 3 is 3.06 bits per heavy atom.